The number of hydrogen-bond acceptors (Lipinski definition) is 8. The molecule has 2 heterocycles. The maximum atomic E-state index is 10.8. The van der Waals surface area contributed by atoms with Crippen LogP contribution in [-0.4, -0.2) is 24.7 Å². The fourth-order valence-corrected chi connectivity index (χ4v) is 1.31. The summed E-state index contributed by atoms with van der Waals surface area (Å²) in [6, 6.07) is 0. The average Bonchev–Trinajstić information content (AvgIpc) is 2.86. The number of ether oxygens (including phenoxy) is 1. The van der Waals surface area contributed by atoms with Crippen molar-refractivity contribution in [1.82, 2.24) is 19.7 Å². The first kappa shape index (κ1) is 12.7. The summed E-state index contributed by atoms with van der Waals surface area (Å²) in [7, 11) is 0. The number of anilines is 1. The first-order valence-corrected chi connectivity index (χ1v) is 5.32. The van der Waals surface area contributed by atoms with Crippen LogP contribution >= 0.6 is 0 Å². The molecule has 0 bridgehead atoms. The topological polar surface area (TPSA) is 134 Å². The molecule has 0 atom stereocenters. The highest BCUT2D eigenvalue weighted by atomic mass is 16.6. The molecule has 19 heavy (non-hydrogen) atoms. The van der Waals surface area contributed by atoms with E-state index in [-0.39, 0.29) is 17.5 Å². The van der Waals surface area contributed by atoms with E-state index < -0.39 is 4.92 Å². The molecule has 0 amide bonds. The summed E-state index contributed by atoms with van der Waals surface area (Å²) in [4.78, 5) is 17.7. The third kappa shape index (κ3) is 2.74. The van der Waals surface area contributed by atoms with Gasteiger partial charge >= 0.3 is 11.6 Å². The molecule has 0 unspecified atom stereocenters. The van der Waals surface area contributed by atoms with E-state index in [0.717, 1.165) is 6.20 Å². The Morgan fingerprint density at radius 2 is 2.37 bits per heavy atom. The van der Waals surface area contributed by atoms with Crippen molar-refractivity contribution in [2.75, 3.05) is 5.43 Å². The molecule has 0 spiro atoms. The third-order valence-corrected chi connectivity index (χ3v) is 2.21. The molecule has 0 saturated heterocycles. The lowest BCUT2D eigenvalue weighted by Gasteiger charge is -2.04. The summed E-state index contributed by atoms with van der Waals surface area (Å²) in [5.74, 6) is 5.30. The molecule has 0 saturated carbocycles. The Hall–Kier alpha value is -2.75. The zero-order chi connectivity index (χ0) is 13.8. The first-order chi connectivity index (χ1) is 9.13. The van der Waals surface area contributed by atoms with Gasteiger partial charge in [-0.05, 0) is 6.92 Å². The molecule has 0 aromatic carbocycles. The van der Waals surface area contributed by atoms with E-state index in [1.54, 1.807) is 10.9 Å². The van der Waals surface area contributed by atoms with Crippen LogP contribution in [-0.2, 0) is 6.54 Å². The summed E-state index contributed by atoms with van der Waals surface area (Å²) < 4.78 is 6.94. The molecule has 0 aliphatic carbocycles. The Morgan fingerprint density at radius 1 is 1.58 bits per heavy atom. The van der Waals surface area contributed by atoms with Crippen LogP contribution in [0.3, 0.4) is 0 Å². The highest BCUT2D eigenvalue weighted by molar-refractivity contribution is 5.44. The van der Waals surface area contributed by atoms with Gasteiger partial charge in [-0.2, -0.15) is 10.1 Å². The number of nitro groups is 1. The van der Waals surface area contributed by atoms with Crippen molar-refractivity contribution in [2.24, 2.45) is 5.84 Å². The Morgan fingerprint density at radius 3 is 2.95 bits per heavy atom. The second-order valence-electron chi connectivity index (χ2n) is 3.42. The highest BCUT2D eigenvalue weighted by Crippen LogP contribution is 2.28. The lowest BCUT2D eigenvalue weighted by Crippen LogP contribution is -2.11. The monoisotopic (exact) mass is 265 g/mol. The van der Waals surface area contributed by atoms with Gasteiger partial charge in [0, 0.05) is 6.54 Å². The number of nitrogen functional groups attached to an aromatic ring is 1. The molecule has 2 aromatic heterocycles. The van der Waals surface area contributed by atoms with E-state index in [0.29, 0.717) is 12.3 Å². The minimum absolute atomic E-state index is 0.0171. The lowest BCUT2D eigenvalue weighted by atomic mass is 10.5. The van der Waals surface area contributed by atoms with Crippen LogP contribution in [0.1, 0.15) is 6.92 Å². The standard InChI is InChI=1S/C9H11N7O3/c1-2-15-5-6(3-12-15)19-8-7(16(17)18)4-11-9(13-8)14-10/h3-5H,2,10H2,1H3,(H,11,13,14). The van der Waals surface area contributed by atoms with E-state index in [1.807, 2.05) is 6.92 Å². The van der Waals surface area contributed by atoms with Crippen molar-refractivity contribution in [3.05, 3.63) is 28.7 Å². The number of aryl methyl sites for hydroxylation is 1. The van der Waals surface area contributed by atoms with Crippen LogP contribution in [0.25, 0.3) is 0 Å². The molecule has 10 nitrogen and oxygen atoms in total. The van der Waals surface area contributed by atoms with Gasteiger partial charge < -0.3 is 4.74 Å². The minimum Gasteiger partial charge on any atom is -0.430 e. The molecule has 2 rings (SSSR count). The zero-order valence-electron chi connectivity index (χ0n) is 9.98. The van der Waals surface area contributed by atoms with Gasteiger partial charge in [0.1, 0.15) is 6.20 Å². The average molecular weight is 265 g/mol. The smallest absolute Gasteiger partial charge is 0.349 e. The summed E-state index contributed by atoms with van der Waals surface area (Å²) in [5, 5.41) is 14.8. The number of aromatic nitrogens is 4. The maximum absolute atomic E-state index is 10.8. The molecule has 2 aromatic rings. The van der Waals surface area contributed by atoms with Crippen molar-refractivity contribution in [2.45, 2.75) is 13.5 Å². The fourth-order valence-electron chi connectivity index (χ4n) is 1.31. The number of hydrogen-bond donors (Lipinski definition) is 2. The van der Waals surface area contributed by atoms with Crippen LogP contribution in [0.4, 0.5) is 11.6 Å². The van der Waals surface area contributed by atoms with Crippen molar-refractivity contribution in [1.29, 1.82) is 0 Å². The van der Waals surface area contributed by atoms with E-state index in [1.165, 1.54) is 6.20 Å². The summed E-state index contributed by atoms with van der Waals surface area (Å²) in [6.45, 7) is 2.56. The van der Waals surface area contributed by atoms with Gasteiger partial charge in [-0.1, -0.05) is 0 Å². The molecule has 0 radical (unpaired) electrons. The van der Waals surface area contributed by atoms with E-state index in [4.69, 9.17) is 10.6 Å². The number of hydrazine groups is 1. The highest BCUT2D eigenvalue weighted by Gasteiger charge is 2.20. The quantitative estimate of drug-likeness (QED) is 0.457. The van der Waals surface area contributed by atoms with Crippen LogP contribution in [0.5, 0.6) is 11.6 Å². The van der Waals surface area contributed by atoms with Gasteiger partial charge in [-0.15, -0.1) is 0 Å². The van der Waals surface area contributed by atoms with Gasteiger partial charge in [-0.25, -0.2) is 10.8 Å². The summed E-state index contributed by atoms with van der Waals surface area (Å²) in [6.07, 6.45) is 4.05. The normalized spacial score (nSPS) is 10.2. The van der Waals surface area contributed by atoms with Gasteiger partial charge in [-0.3, -0.25) is 20.2 Å². The Bertz CT molecular complexity index is 597. The fraction of sp³-hybridized carbons (Fsp3) is 0.222. The van der Waals surface area contributed by atoms with Crippen LogP contribution < -0.4 is 16.0 Å². The largest absolute Gasteiger partial charge is 0.430 e. The Labute approximate surface area is 107 Å². The number of nitrogens with zero attached hydrogens (tertiary/aromatic N) is 5. The van der Waals surface area contributed by atoms with E-state index in [9.17, 15) is 10.1 Å². The van der Waals surface area contributed by atoms with Gasteiger partial charge in [0.05, 0.1) is 17.3 Å². The number of nitrogens with one attached hydrogen (secondary N) is 1. The minimum atomic E-state index is -0.639. The molecule has 0 fully saturated rings. The number of rotatable bonds is 5. The van der Waals surface area contributed by atoms with Crippen molar-refractivity contribution >= 4 is 11.6 Å². The maximum Gasteiger partial charge on any atom is 0.349 e. The molecule has 0 aliphatic rings. The van der Waals surface area contributed by atoms with Crippen LogP contribution in [0, 0.1) is 10.1 Å². The van der Waals surface area contributed by atoms with Crippen LogP contribution in [0.2, 0.25) is 0 Å². The molecule has 3 N–H and O–H groups in total. The van der Waals surface area contributed by atoms with Gasteiger partial charge in [0.2, 0.25) is 5.95 Å². The van der Waals surface area contributed by atoms with Crippen molar-refractivity contribution in [3.63, 3.8) is 0 Å². The second kappa shape index (κ2) is 5.27. The third-order valence-electron chi connectivity index (χ3n) is 2.21. The Balaban J connectivity index is 2.33. The lowest BCUT2D eigenvalue weighted by molar-refractivity contribution is -0.386. The predicted octanol–water partition coefficient (Wildman–Crippen LogP) is 0.679. The van der Waals surface area contributed by atoms with Crippen molar-refractivity contribution in [3.8, 4) is 11.6 Å². The second-order valence-corrected chi connectivity index (χ2v) is 3.42. The molecule has 100 valence electrons. The molecule has 10 heteroatoms. The Kier molecular flexibility index (Phi) is 3.52. The molecule has 0 aliphatic heterocycles. The van der Waals surface area contributed by atoms with Crippen LogP contribution in [0.15, 0.2) is 18.6 Å². The first-order valence-electron chi connectivity index (χ1n) is 5.32. The van der Waals surface area contributed by atoms with Gasteiger partial charge in [0.15, 0.2) is 5.75 Å². The van der Waals surface area contributed by atoms with Crippen molar-refractivity contribution < 1.29 is 9.66 Å². The van der Waals surface area contributed by atoms with E-state index >= 15 is 0 Å². The molecular formula is C9H11N7O3. The molecular weight excluding hydrogens is 254 g/mol. The van der Waals surface area contributed by atoms with E-state index in [2.05, 4.69) is 20.5 Å². The zero-order valence-corrected chi connectivity index (χ0v) is 9.98. The predicted molar refractivity (Wildman–Crippen MR) is 64.5 cm³/mol. The van der Waals surface area contributed by atoms with Gasteiger partial charge in [0.25, 0.3) is 0 Å². The summed E-state index contributed by atoms with van der Waals surface area (Å²) >= 11 is 0. The number of nitrogens with two attached hydrogens (primary N) is 1. The summed E-state index contributed by atoms with van der Waals surface area (Å²) in [5.41, 5.74) is 1.83. The SMILES string of the molecule is CCn1cc(Oc2nc(NN)ncc2[N+](=O)[O-])cn1.